The number of urea groups is 1. The molecule has 0 saturated carbocycles. The van der Waals surface area contributed by atoms with Crippen molar-refractivity contribution in [1.82, 2.24) is 9.88 Å². The monoisotopic (exact) mass is 369 g/mol. The van der Waals surface area contributed by atoms with Crippen molar-refractivity contribution in [2.75, 3.05) is 18.4 Å². The summed E-state index contributed by atoms with van der Waals surface area (Å²) in [6.45, 7) is 7.78. The van der Waals surface area contributed by atoms with Crippen LogP contribution in [0.5, 0.6) is 0 Å². The van der Waals surface area contributed by atoms with E-state index in [9.17, 15) is 9.59 Å². The molecule has 2 heterocycles. The van der Waals surface area contributed by atoms with E-state index in [-0.39, 0.29) is 31.7 Å². The standard InChI is InChI=1S/C19H21N3O3.C2H6/c1-19(2,17(23)12-15-8-10-20-11-9-15)22-14-25-13-21(18(22)24)16-6-4-3-5-7-16;1-2/h3-11H,12-14H2,1-2H3;1-2H3. The van der Waals surface area contributed by atoms with Gasteiger partial charge in [0.25, 0.3) is 0 Å². The Hall–Kier alpha value is -2.73. The van der Waals surface area contributed by atoms with Crippen molar-refractivity contribution in [1.29, 1.82) is 0 Å². The van der Waals surface area contributed by atoms with E-state index in [1.165, 1.54) is 9.80 Å². The van der Waals surface area contributed by atoms with E-state index in [0.717, 1.165) is 11.3 Å². The number of amides is 2. The minimum atomic E-state index is -0.978. The normalized spacial score (nSPS) is 14.4. The minimum absolute atomic E-state index is 0.0504. The van der Waals surface area contributed by atoms with Crippen LogP contribution in [0.1, 0.15) is 33.3 Å². The van der Waals surface area contributed by atoms with E-state index in [0.29, 0.717) is 0 Å². The number of nitrogens with zero attached hydrogens (tertiary/aromatic N) is 3. The molecule has 0 N–H and O–H groups in total. The van der Waals surface area contributed by atoms with Gasteiger partial charge in [-0.25, -0.2) is 4.79 Å². The van der Waals surface area contributed by atoms with Crippen LogP contribution < -0.4 is 4.90 Å². The molecule has 1 aliphatic heterocycles. The van der Waals surface area contributed by atoms with Crippen molar-refractivity contribution in [2.45, 2.75) is 39.7 Å². The van der Waals surface area contributed by atoms with E-state index in [1.54, 1.807) is 38.4 Å². The van der Waals surface area contributed by atoms with E-state index in [4.69, 9.17) is 4.74 Å². The Balaban J connectivity index is 0.00000126. The highest BCUT2D eigenvalue weighted by Crippen LogP contribution is 2.26. The third kappa shape index (κ3) is 4.71. The summed E-state index contributed by atoms with van der Waals surface area (Å²) in [5.41, 5.74) is 0.640. The van der Waals surface area contributed by atoms with Crippen molar-refractivity contribution in [2.24, 2.45) is 0 Å². The van der Waals surface area contributed by atoms with Gasteiger partial charge in [0.05, 0.1) is 0 Å². The van der Waals surface area contributed by atoms with Crippen LogP contribution in [0.3, 0.4) is 0 Å². The number of Topliss-reactive ketones (excluding diaryl/α,β-unsaturated/α-hetero) is 1. The fourth-order valence-corrected chi connectivity index (χ4v) is 2.73. The number of carbonyl (C=O) groups excluding carboxylic acids is 2. The van der Waals surface area contributed by atoms with Gasteiger partial charge in [0, 0.05) is 24.5 Å². The lowest BCUT2D eigenvalue weighted by atomic mass is 9.92. The minimum Gasteiger partial charge on any atom is -0.340 e. The molecule has 0 unspecified atom stereocenters. The zero-order chi connectivity index (χ0) is 19.9. The largest absolute Gasteiger partial charge is 0.340 e. The number of rotatable bonds is 5. The number of carbonyl (C=O) groups is 2. The maximum Gasteiger partial charge on any atom is 0.329 e. The van der Waals surface area contributed by atoms with E-state index in [1.807, 2.05) is 44.2 Å². The van der Waals surface area contributed by atoms with Gasteiger partial charge in [0.15, 0.2) is 5.78 Å². The Morgan fingerprint density at radius 1 is 1.07 bits per heavy atom. The van der Waals surface area contributed by atoms with Crippen LogP contribution in [0.4, 0.5) is 10.5 Å². The predicted molar refractivity (Wildman–Crippen MR) is 105 cm³/mol. The summed E-state index contributed by atoms with van der Waals surface area (Å²) >= 11 is 0. The number of hydrogen-bond donors (Lipinski definition) is 0. The molecule has 0 aliphatic carbocycles. The average molecular weight is 369 g/mol. The second-order valence-electron chi connectivity index (χ2n) is 6.45. The van der Waals surface area contributed by atoms with Crippen LogP contribution in [0.15, 0.2) is 54.9 Å². The number of benzene rings is 1. The summed E-state index contributed by atoms with van der Waals surface area (Å²) in [5, 5.41) is 0. The van der Waals surface area contributed by atoms with Gasteiger partial charge >= 0.3 is 6.03 Å². The second kappa shape index (κ2) is 9.28. The first-order valence-electron chi connectivity index (χ1n) is 9.14. The smallest absolute Gasteiger partial charge is 0.329 e. The van der Waals surface area contributed by atoms with Gasteiger partial charge in [-0.05, 0) is 43.7 Å². The summed E-state index contributed by atoms with van der Waals surface area (Å²) < 4.78 is 5.58. The Labute approximate surface area is 160 Å². The number of aromatic nitrogens is 1. The van der Waals surface area contributed by atoms with Crippen LogP contribution in [0.2, 0.25) is 0 Å². The Morgan fingerprint density at radius 3 is 2.33 bits per heavy atom. The molecule has 1 aromatic carbocycles. The number of ether oxygens (including phenoxy) is 1. The molecular formula is C21H27N3O3. The van der Waals surface area contributed by atoms with Crippen molar-refractivity contribution >= 4 is 17.5 Å². The highest BCUT2D eigenvalue weighted by atomic mass is 16.5. The molecule has 144 valence electrons. The lowest BCUT2D eigenvalue weighted by Gasteiger charge is -2.43. The quantitative estimate of drug-likeness (QED) is 0.803. The van der Waals surface area contributed by atoms with Crippen LogP contribution in [0, 0.1) is 0 Å². The first kappa shape index (κ1) is 20.6. The highest BCUT2D eigenvalue weighted by molar-refractivity contribution is 5.98. The fourth-order valence-electron chi connectivity index (χ4n) is 2.73. The first-order chi connectivity index (χ1) is 13.0. The third-order valence-corrected chi connectivity index (χ3v) is 4.44. The number of anilines is 1. The fraction of sp³-hybridized carbons (Fsp3) is 0.381. The van der Waals surface area contributed by atoms with Crippen molar-refractivity contribution < 1.29 is 14.3 Å². The molecule has 1 fully saturated rings. The van der Waals surface area contributed by atoms with Crippen molar-refractivity contribution in [3.63, 3.8) is 0 Å². The van der Waals surface area contributed by atoms with Gasteiger partial charge in [0.2, 0.25) is 0 Å². The lowest BCUT2D eigenvalue weighted by Crippen LogP contribution is -2.61. The number of pyridine rings is 1. The Morgan fingerprint density at radius 2 is 1.70 bits per heavy atom. The molecular weight excluding hydrogens is 342 g/mol. The third-order valence-electron chi connectivity index (χ3n) is 4.44. The van der Waals surface area contributed by atoms with Crippen LogP contribution in [-0.2, 0) is 16.0 Å². The first-order valence-corrected chi connectivity index (χ1v) is 9.14. The number of para-hydroxylation sites is 1. The number of hydrogen-bond acceptors (Lipinski definition) is 4. The van der Waals surface area contributed by atoms with E-state index in [2.05, 4.69) is 4.98 Å². The zero-order valence-electron chi connectivity index (χ0n) is 16.4. The lowest BCUT2D eigenvalue weighted by molar-refractivity contribution is -0.131. The summed E-state index contributed by atoms with van der Waals surface area (Å²) in [4.78, 5) is 32.7. The summed E-state index contributed by atoms with van der Waals surface area (Å²) in [6.07, 6.45) is 3.55. The van der Waals surface area contributed by atoms with Crippen molar-refractivity contribution in [3.8, 4) is 0 Å². The molecule has 0 spiro atoms. The average Bonchev–Trinajstić information content (AvgIpc) is 2.71. The molecule has 6 nitrogen and oxygen atoms in total. The van der Waals surface area contributed by atoms with Gasteiger partial charge in [0.1, 0.15) is 19.0 Å². The van der Waals surface area contributed by atoms with Gasteiger partial charge < -0.3 is 4.74 Å². The molecule has 27 heavy (non-hydrogen) atoms. The zero-order valence-corrected chi connectivity index (χ0v) is 16.4. The topological polar surface area (TPSA) is 62.7 Å². The molecule has 3 rings (SSSR count). The Bertz CT molecular complexity index is 748. The molecule has 0 bridgehead atoms. The maximum atomic E-state index is 12.9. The molecule has 1 aromatic heterocycles. The van der Waals surface area contributed by atoms with Crippen molar-refractivity contribution in [3.05, 3.63) is 60.4 Å². The maximum absolute atomic E-state index is 12.9. The number of ketones is 1. The van der Waals surface area contributed by atoms with Gasteiger partial charge in [-0.3, -0.25) is 19.6 Å². The van der Waals surface area contributed by atoms with Crippen LogP contribution >= 0.6 is 0 Å². The van der Waals surface area contributed by atoms with E-state index >= 15 is 0 Å². The highest BCUT2D eigenvalue weighted by Gasteiger charge is 2.41. The van der Waals surface area contributed by atoms with Gasteiger partial charge in [-0.2, -0.15) is 0 Å². The molecule has 2 aromatic rings. The summed E-state index contributed by atoms with van der Waals surface area (Å²) in [5.74, 6) is -0.0504. The van der Waals surface area contributed by atoms with E-state index < -0.39 is 5.54 Å². The van der Waals surface area contributed by atoms with Crippen LogP contribution in [-0.4, -0.2) is 40.7 Å². The van der Waals surface area contributed by atoms with Crippen LogP contribution in [0.25, 0.3) is 0 Å². The molecule has 2 amide bonds. The SMILES string of the molecule is CC.CC(C)(C(=O)Cc1ccncc1)N1COCN(c2ccccc2)C1=O. The molecule has 0 atom stereocenters. The predicted octanol–water partition coefficient (Wildman–Crippen LogP) is 3.87. The molecule has 6 heteroatoms. The molecule has 0 radical (unpaired) electrons. The second-order valence-corrected chi connectivity index (χ2v) is 6.45. The summed E-state index contributed by atoms with van der Waals surface area (Å²) in [6, 6.07) is 12.7. The Kier molecular flexibility index (Phi) is 7.07. The van der Waals surface area contributed by atoms with Gasteiger partial charge in [-0.1, -0.05) is 32.0 Å². The molecule has 1 aliphatic rings. The van der Waals surface area contributed by atoms with Gasteiger partial charge in [-0.15, -0.1) is 0 Å². The summed E-state index contributed by atoms with van der Waals surface area (Å²) in [7, 11) is 0. The molecule has 1 saturated heterocycles.